The van der Waals surface area contributed by atoms with E-state index in [1.165, 1.54) is 12.1 Å². The van der Waals surface area contributed by atoms with Crippen molar-refractivity contribution in [3.63, 3.8) is 0 Å². The number of nitriles is 2. The molecule has 0 saturated carbocycles. The predicted molar refractivity (Wildman–Crippen MR) is 52.1 cm³/mol. The highest BCUT2D eigenvalue weighted by atomic mass is 19.4. The van der Waals surface area contributed by atoms with Crippen LogP contribution in [0.1, 0.15) is 16.7 Å². The van der Waals surface area contributed by atoms with Crippen molar-refractivity contribution in [2.45, 2.75) is 12.6 Å². The minimum Gasteiger partial charge on any atom is -0.258 e. The largest absolute Gasteiger partial charge is 0.417 e. The Kier molecular flexibility index (Phi) is 3.53. The molecule has 0 radical (unpaired) electrons. The van der Waals surface area contributed by atoms with E-state index in [0.717, 1.165) is 0 Å². The van der Waals surface area contributed by atoms with Crippen molar-refractivity contribution in [2.24, 2.45) is 0 Å². The van der Waals surface area contributed by atoms with Crippen LogP contribution in [0, 0.1) is 32.8 Å². The summed E-state index contributed by atoms with van der Waals surface area (Å²) >= 11 is 0. The summed E-state index contributed by atoms with van der Waals surface area (Å²) < 4.78 is 38.2. The number of benzene rings is 1. The summed E-state index contributed by atoms with van der Waals surface area (Å²) in [5.74, 6) is 0. The molecule has 0 atom stereocenters. The van der Waals surface area contributed by atoms with E-state index in [4.69, 9.17) is 10.5 Å². The number of halogens is 3. The predicted octanol–water partition coefficient (Wildman–Crippen LogP) is 2.55. The minimum atomic E-state index is -4.84. The lowest BCUT2D eigenvalue weighted by atomic mass is 9.98. The van der Waals surface area contributed by atoms with Crippen LogP contribution in [0.3, 0.4) is 0 Å². The molecular weight excluding hydrogens is 251 g/mol. The molecule has 1 rings (SSSR count). The van der Waals surface area contributed by atoms with Crippen LogP contribution < -0.4 is 0 Å². The number of hydrogen-bond acceptors (Lipinski definition) is 4. The van der Waals surface area contributed by atoms with Crippen molar-refractivity contribution in [2.75, 3.05) is 0 Å². The van der Waals surface area contributed by atoms with Gasteiger partial charge in [-0.25, -0.2) is 0 Å². The summed E-state index contributed by atoms with van der Waals surface area (Å²) in [5.41, 5.74) is -3.38. The second-order valence-electron chi connectivity index (χ2n) is 3.23. The van der Waals surface area contributed by atoms with Gasteiger partial charge in [-0.05, 0) is 5.56 Å². The molecule has 8 heteroatoms. The van der Waals surface area contributed by atoms with Gasteiger partial charge >= 0.3 is 6.18 Å². The molecule has 18 heavy (non-hydrogen) atoms. The van der Waals surface area contributed by atoms with Gasteiger partial charge in [-0.3, -0.25) is 10.1 Å². The molecule has 0 aliphatic carbocycles. The summed E-state index contributed by atoms with van der Waals surface area (Å²) in [6, 6.07) is 3.95. The van der Waals surface area contributed by atoms with Crippen molar-refractivity contribution in [1.29, 1.82) is 10.5 Å². The molecule has 0 saturated heterocycles. The number of hydrogen-bond donors (Lipinski definition) is 0. The number of nitro benzene ring substituents is 1. The van der Waals surface area contributed by atoms with Crippen LogP contribution in [0.25, 0.3) is 0 Å². The molecule has 5 nitrogen and oxygen atoms in total. The van der Waals surface area contributed by atoms with Crippen molar-refractivity contribution in [3.8, 4) is 12.1 Å². The number of rotatable bonds is 2. The van der Waals surface area contributed by atoms with Crippen LogP contribution in [0.4, 0.5) is 18.9 Å². The molecule has 0 spiro atoms. The Morgan fingerprint density at radius 1 is 1.33 bits per heavy atom. The molecule has 0 bridgehead atoms. The first-order valence-corrected chi connectivity index (χ1v) is 4.46. The second kappa shape index (κ2) is 4.72. The van der Waals surface area contributed by atoms with Gasteiger partial charge in [-0.15, -0.1) is 0 Å². The van der Waals surface area contributed by atoms with Crippen molar-refractivity contribution in [1.82, 2.24) is 0 Å². The number of non-ortho nitro benzene ring substituents is 1. The molecule has 0 aliphatic heterocycles. The Morgan fingerprint density at radius 2 is 1.94 bits per heavy atom. The normalized spacial score (nSPS) is 10.5. The van der Waals surface area contributed by atoms with Crippen LogP contribution in [-0.2, 0) is 12.6 Å². The zero-order valence-corrected chi connectivity index (χ0v) is 8.65. The van der Waals surface area contributed by atoms with E-state index < -0.39 is 39.9 Å². The molecule has 92 valence electrons. The summed E-state index contributed by atoms with van der Waals surface area (Å²) in [6.07, 6.45) is -5.50. The van der Waals surface area contributed by atoms with Gasteiger partial charge in [0.25, 0.3) is 5.69 Å². The maximum atomic E-state index is 12.7. The van der Waals surface area contributed by atoms with E-state index in [2.05, 4.69) is 0 Å². The summed E-state index contributed by atoms with van der Waals surface area (Å²) in [6.45, 7) is 0. The van der Waals surface area contributed by atoms with Crippen LogP contribution in [0.15, 0.2) is 12.1 Å². The average Bonchev–Trinajstić information content (AvgIpc) is 2.26. The van der Waals surface area contributed by atoms with Crippen LogP contribution >= 0.6 is 0 Å². The second-order valence-corrected chi connectivity index (χ2v) is 3.23. The lowest BCUT2D eigenvalue weighted by Crippen LogP contribution is -2.12. The number of alkyl halides is 3. The van der Waals surface area contributed by atoms with E-state index in [9.17, 15) is 23.3 Å². The molecule has 0 aromatic heterocycles. The first-order valence-electron chi connectivity index (χ1n) is 4.46. The molecule has 0 amide bonds. The lowest BCUT2D eigenvalue weighted by molar-refractivity contribution is -0.385. The van der Waals surface area contributed by atoms with E-state index in [1.54, 1.807) is 0 Å². The number of nitrogens with zero attached hydrogens (tertiary/aromatic N) is 3. The Labute approximate surface area is 98.8 Å². The van der Waals surface area contributed by atoms with Gasteiger partial charge in [-0.2, -0.15) is 23.7 Å². The van der Waals surface area contributed by atoms with Gasteiger partial charge < -0.3 is 0 Å². The molecule has 0 aliphatic rings. The van der Waals surface area contributed by atoms with Gasteiger partial charge in [0.05, 0.1) is 28.5 Å². The zero-order chi connectivity index (χ0) is 13.9. The standard InChI is InChI=1S/C10H4F3N3O2/c11-10(12,13)9-6(1-2-14)3-8(16(17)18)4-7(9)5-15/h3-4H,1H2. The SMILES string of the molecule is N#CCc1cc([N+](=O)[O-])cc(C#N)c1C(F)(F)F. The minimum absolute atomic E-state index is 0.545. The summed E-state index contributed by atoms with van der Waals surface area (Å²) in [7, 11) is 0. The molecule has 0 N–H and O–H groups in total. The van der Waals surface area contributed by atoms with Gasteiger partial charge in [0, 0.05) is 12.1 Å². The Bertz CT molecular complexity index is 582. The third kappa shape index (κ3) is 2.55. The first-order chi connectivity index (χ1) is 8.31. The fourth-order valence-electron chi connectivity index (χ4n) is 1.44. The highest BCUT2D eigenvalue weighted by Gasteiger charge is 2.37. The highest BCUT2D eigenvalue weighted by Crippen LogP contribution is 2.36. The van der Waals surface area contributed by atoms with Crippen molar-refractivity contribution < 1.29 is 18.1 Å². The molecule has 0 unspecified atom stereocenters. The van der Waals surface area contributed by atoms with E-state index >= 15 is 0 Å². The summed E-state index contributed by atoms with van der Waals surface area (Å²) in [4.78, 5) is 9.60. The molecular formula is C10H4F3N3O2. The third-order valence-electron chi connectivity index (χ3n) is 2.09. The van der Waals surface area contributed by atoms with Crippen LogP contribution in [0.2, 0.25) is 0 Å². The average molecular weight is 255 g/mol. The van der Waals surface area contributed by atoms with Gasteiger partial charge in [0.1, 0.15) is 6.07 Å². The summed E-state index contributed by atoms with van der Waals surface area (Å²) in [5, 5.41) is 27.6. The van der Waals surface area contributed by atoms with E-state index in [1.807, 2.05) is 0 Å². The van der Waals surface area contributed by atoms with Crippen LogP contribution in [0.5, 0.6) is 0 Å². The van der Waals surface area contributed by atoms with E-state index in [-0.39, 0.29) is 0 Å². The fourth-order valence-corrected chi connectivity index (χ4v) is 1.44. The third-order valence-corrected chi connectivity index (χ3v) is 2.09. The van der Waals surface area contributed by atoms with Gasteiger partial charge in [0.15, 0.2) is 0 Å². The smallest absolute Gasteiger partial charge is 0.258 e. The fraction of sp³-hybridized carbons (Fsp3) is 0.200. The topological polar surface area (TPSA) is 90.7 Å². The first kappa shape index (κ1) is 13.5. The van der Waals surface area contributed by atoms with Crippen molar-refractivity contribution in [3.05, 3.63) is 38.9 Å². The highest BCUT2D eigenvalue weighted by molar-refractivity contribution is 5.53. The zero-order valence-electron chi connectivity index (χ0n) is 8.65. The molecule has 1 aromatic rings. The van der Waals surface area contributed by atoms with Crippen molar-refractivity contribution >= 4 is 5.69 Å². The quantitative estimate of drug-likeness (QED) is 0.599. The Morgan fingerprint density at radius 3 is 2.33 bits per heavy atom. The molecule has 0 heterocycles. The van der Waals surface area contributed by atoms with Crippen LogP contribution in [-0.4, -0.2) is 4.92 Å². The maximum Gasteiger partial charge on any atom is 0.417 e. The number of nitro groups is 1. The maximum absolute atomic E-state index is 12.7. The Hall–Kier alpha value is -2.61. The van der Waals surface area contributed by atoms with Gasteiger partial charge in [-0.1, -0.05) is 0 Å². The van der Waals surface area contributed by atoms with Gasteiger partial charge in [0.2, 0.25) is 0 Å². The Balaban J connectivity index is 3.64. The monoisotopic (exact) mass is 255 g/mol. The molecule has 1 aromatic carbocycles. The van der Waals surface area contributed by atoms with E-state index in [0.29, 0.717) is 12.1 Å². The lowest BCUT2D eigenvalue weighted by Gasteiger charge is -2.12. The molecule has 0 fully saturated rings.